The summed E-state index contributed by atoms with van der Waals surface area (Å²) >= 11 is 0. The van der Waals surface area contributed by atoms with E-state index in [1.165, 1.54) is 32.1 Å². The summed E-state index contributed by atoms with van der Waals surface area (Å²) in [6.07, 6.45) is 8.19. The summed E-state index contributed by atoms with van der Waals surface area (Å²) in [5, 5.41) is 11.8. The van der Waals surface area contributed by atoms with E-state index in [9.17, 15) is 4.79 Å². The predicted molar refractivity (Wildman–Crippen MR) is 71.7 cm³/mol. The minimum Gasteiger partial charge on any atom is -0.409 e. The fraction of sp³-hybridized carbons (Fsp3) is 0.857. The lowest BCUT2D eigenvalue weighted by molar-refractivity contribution is -0.134. The Balaban J connectivity index is 1.69. The molecule has 0 heterocycles. The summed E-state index contributed by atoms with van der Waals surface area (Å²) in [4.78, 5) is 14.6. The van der Waals surface area contributed by atoms with Crippen LogP contribution in [0.15, 0.2) is 5.16 Å². The summed E-state index contributed by atoms with van der Waals surface area (Å²) in [5.41, 5.74) is 5.62. The van der Waals surface area contributed by atoms with Crippen molar-refractivity contribution in [3.05, 3.63) is 0 Å². The first-order valence-corrected chi connectivity index (χ1v) is 7.49. The molecule has 0 radical (unpaired) electrons. The van der Waals surface area contributed by atoms with Crippen LogP contribution in [0.3, 0.4) is 0 Å². The van der Waals surface area contributed by atoms with Crippen molar-refractivity contribution in [3.8, 4) is 0 Å². The van der Waals surface area contributed by atoms with Crippen molar-refractivity contribution in [3.63, 3.8) is 0 Å². The Morgan fingerprint density at radius 1 is 1.16 bits per heavy atom. The number of oxime groups is 1. The highest BCUT2D eigenvalue weighted by Gasteiger charge is 2.58. The van der Waals surface area contributed by atoms with E-state index < -0.39 is 0 Å². The van der Waals surface area contributed by atoms with Gasteiger partial charge in [0.15, 0.2) is 5.84 Å². The van der Waals surface area contributed by atoms with Gasteiger partial charge in [0.2, 0.25) is 5.91 Å². The average Bonchev–Trinajstić information content (AvgIpc) is 2.85. The molecule has 3 saturated carbocycles. The van der Waals surface area contributed by atoms with Crippen molar-refractivity contribution in [2.24, 2.45) is 28.6 Å². The number of carbonyl (C=O) groups excluding carboxylic acids is 1. The third kappa shape index (κ3) is 2.30. The Morgan fingerprint density at radius 3 is 2.37 bits per heavy atom. The highest BCUT2D eigenvalue weighted by molar-refractivity contribution is 5.89. The van der Waals surface area contributed by atoms with Gasteiger partial charge < -0.3 is 15.8 Å². The smallest absolute Gasteiger partial charge is 0.226 e. The van der Waals surface area contributed by atoms with Crippen molar-refractivity contribution < 1.29 is 10.0 Å². The van der Waals surface area contributed by atoms with Crippen LogP contribution in [0.5, 0.6) is 0 Å². The minimum absolute atomic E-state index is 0.144. The van der Waals surface area contributed by atoms with E-state index in [2.05, 4.69) is 5.16 Å². The zero-order valence-corrected chi connectivity index (χ0v) is 11.3. The van der Waals surface area contributed by atoms with Gasteiger partial charge in [0.05, 0.1) is 6.54 Å². The van der Waals surface area contributed by atoms with Crippen molar-refractivity contribution in [1.29, 1.82) is 0 Å². The van der Waals surface area contributed by atoms with Crippen LogP contribution < -0.4 is 5.73 Å². The second kappa shape index (κ2) is 5.02. The van der Waals surface area contributed by atoms with Gasteiger partial charge in [-0.1, -0.05) is 24.4 Å². The lowest BCUT2D eigenvalue weighted by Crippen LogP contribution is -2.45. The molecular weight excluding hydrogens is 242 g/mol. The Hall–Kier alpha value is -1.26. The monoisotopic (exact) mass is 265 g/mol. The van der Waals surface area contributed by atoms with E-state index in [-0.39, 0.29) is 24.2 Å². The number of amidine groups is 1. The SMILES string of the molecule is NC(CN(C(=O)C1C2CCCC21)C1CCCC1)=NO. The molecule has 19 heavy (non-hydrogen) atoms. The van der Waals surface area contributed by atoms with Gasteiger partial charge in [-0.3, -0.25) is 4.79 Å². The molecule has 3 aliphatic rings. The summed E-state index contributed by atoms with van der Waals surface area (Å²) in [7, 11) is 0. The van der Waals surface area contributed by atoms with Crippen LogP contribution in [0.25, 0.3) is 0 Å². The van der Waals surface area contributed by atoms with E-state index >= 15 is 0 Å². The second-order valence-electron chi connectivity index (χ2n) is 6.28. The van der Waals surface area contributed by atoms with E-state index in [0.29, 0.717) is 17.9 Å². The van der Waals surface area contributed by atoms with Crippen LogP contribution in [0, 0.1) is 17.8 Å². The zero-order valence-electron chi connectivity index (χ0n) is 11.3. The maximum Gasteiger partial charge on any atom is 0.226 e. The fourth-order valence-electron chi connectivity index (χ4n) is 4.19. The van der Waals surface area contributed by atoms with Crippen molar-refractivity contribution in [2.45, 2.75) is 51.0 Å². The number of rotatable bonds is 4. The molecule has 5 nitrogen and oxygen atoms in total. The molecule has 3 fully saturated rings. The van der Waals surface area contributed by atoms with Gasteiger partial charge in [-0.2, -0.15) is 0 Å². The van der Waals surface area contributed by atoms with E-state index in [1.54, 1.807) is 0 Å². The van der Waals surface area contributed by atoms with E-state index in [0.717, 1.165) is 12.8 Å². The molecule has 5 heteroatoms. The Labute approximate surface area is 113 Å². The average molecular weight is 265 g/mol. The number of carbonyl (C=O) groups is 1. The van der Waals surface area contributed by atoms with E-state index in [4.69, 9.17) is 10.9 Å². The molecule has 0 bridgehead atoms. The van der Waals surface area contributed by atoms with Crippen molar-refractivity contribution in [1.82, 2.24) is 4.90 Å². The summed E-state index contributed by atoms with van der Waals surface area (Å²) < 4.78 is 0. The highest BCUT2D eigenvalue weighted by atomic mass is 16.4. The van der Waals surface area contributed by atoms with Crippen LogP contribution in [0.2, 0.25) is 0 Å². The van der Waals surface area contributed by atoms with Gasteiger partial charge in [-0.25, -0.2) is 0 Å². The first-order chi connectivity index (χ1) is 9.22. The Bertz CT molecular complexity index is 380. The number of hydrogen-bond donors (Lipinski definition) is 2. The molecule has 106 valence electrons. The van der Waals surface area contributed by atoms with Crippen LogP contribution in [0.1, 0.15) is 44.9 Å². The number of nitrogens with zero attached hydrogens (tertiary/aromatic N) is 2. The molecule has 0 aliphatic heterocycles. The van der Waals surface area contributed by atoms with Gasteiger partial charge in [-0.05, 0) is 37.5 Å². The maximum absolute atomic E-state index is 12.7. The predicted octanol–water partition coefficient (Wildman–Crippen LogP) is 1.55. The fourth-order valence-corrected chi connectivity index (χ4v) is 4.19. The summed E-state index contributed by atoms with van der Waals surface area (Å²) in [6, 6.07) is 0.300. The van der Waals surface area contributed by atoms with Gasteiger partial charge >= 0.3 is 0 Å². The molecule has 0 spiro atoms. The van der Waals surface area contributed by atoms with E-state index in [1.807, 2.05) is 4.90 Å². The Kier molecular flexibility index (Phi) is 3.37. The molecule has 0 aromatic heterocycles. The largest absolute Gasteiger partial charge is 0.409 e. The lowest BCUT2D eigenvalue weighted by Gasteiger charge is -2.29. The highest BCUT2D eigenvalue weighted by Crippen LogP contribution is 2.58. The minimum atomic E-state index is 0.144. The molecule has 0 aromatic carbocycles. The molecule has 3 rings (SSSR count). The van der Waals surface area contributed by atoms with Crippen LogP contribution in [-0.2, 0) is 4.79 Å². The molecule has 0 saturated heterocycles. The number of hydrogen-bond acceptors (Lipinski definition) is 3. The maximum atomic E-state index is 12.7. The third-order valence-corrected chi connectivity index (χ3v) is 5.20. The second-order valence-corrected chi connectivity index (χ2v) is 6.28. The van der Waals surface area contributed by atoms with Crippen molar-refractivity contribution in [2.75, 3.05) is 6.54 Å². The number of amides is 1. The summed E-state index contributed by atoms with van der Waals surface area (Å²) in [5.74, 6) is 1.90. The van der Waals surface area contributed by atoms with Crippen LogP contribution in [-0.4, -0.2) is 34.4 Å². The molecule has 3 aliphatic carbocycles. The first-order valence-electron chi connectivity index (χ1n) is 7.49. The molecule has 3 N–H and O–H groups in total. The molecule has 1 amide bonds. The number of fused-ring (bicyclic) bond motifs is 1. The quantitative estimate of drug-likeness (QED) is 0.350. The zero-order chi connectivity index (χ0) is 13.4. The normalized spacial score (nSPS) is 34.3. The topological polar surface area (TPSA) is 78.9 Å². The standard InChI is InChI=1S/C14H23N3O2/c15-12(16-19)8-17(9-4-1-2-5-9)14(18)13-10-6-3-7-11(10)13/h9-11,13,19H,1-8H2,(H2,15,16). The first kappa shape index (κ1) is 12.8. The number of nitrogens with two attached hydrogens (primary N) is 1. The molecular formula is C14H23N3O2. The van der Waals surface area contributed by atoms with Gasteiger partial charge in [0, 0.05) is 12.0 Å². The summed E-state index contributed by atoms with van der Waals surface area (Å²) in [6.45, 7) is 0.288. The lowest BCUT2D eigenvalue weighted by atomic mass is 10.1. The van der Waals surface area contributed by atoms with Gasteiger partial charge in [0.1, 0.15) is 0 Å². The third-order valence-electron chi connectivity index (χ3n) is 5.20. The Morgan fingerprint density at radius 2 is 1.79 bits per heavy atom. The molecule has 0 aromatic rings. The van der Waals surface area contributed by atoms with Crippen molar-refractivity contribution >= 4 is 11.7 Å². The molecule has 2 unspecified atom stereocenters. The van der Waals surface area contributed by atoms with Gasteiger partial charge in [0.25, 0.3) is 0 Å². The van der Waals surface area contributed by atoms with Gasteiger partial charge in [-0.15, -0.1) is 0 Å². The molecule has 2 atom stereocenters. The van der Waals surface area contributed by atoms with Crippen LogP contribution in [0.4, 0.5) is 0 Å². The van der Waals surface area contributed by atoms with Crippen LogP contribution >= 0.6 is 0 Å².